The van der Waals surface area contributed by atoms with Crippen molar-refractivity contribution in [1.29, 1.82) is 0 Å². The van der Waals surface area contributed by atoms with Crippen LogP contribution < -0.4 is 5.32 Å². The molecule has 0 saturated carbocycles. The zero-order valence-electron chi connectivity index (χ0n) is 11.6. The van der Waals surface area contributed by atoms with Crippen LogP contribution in [0.5, 0.6) is 0 Å². The third-order valence-corrected chi connectivity index (χ3v) is 3.59. The molecule has 120 valence electrons. The van der Waals surface area contributed by atoms with Gasteiger partial charge in [-0.1, -0.05) is 0 Å². The fourth-order valence-electron chi connectivity index (χ4n) is 1.63. The van der Waals surface area contributed by atoms with E-state index in [9.17, 15) is 24.1 Å². The Morgan fingerprint density at radius 1 is 1.55 bits per heavy atom. The molecule has 0 radical (unpaired) electrons. The lowest BCUT2D eigenvalue weighted by molar-refractivity contribution is -0.385. The van der Waals surface area contributed by atoms with Crippen LogP contribution in [0.1, 0.15) is 17.3 Å². The fourth-order valence-corrected chi connectivity index (χ4v) is 2.18. The number of nitrogens with zero attached hydrogens (tertiary/aromatic N) is 1. The van der Waals surface area contributed by atoms with E-state index in [1.54, 1.807) is 0 Å². The molecule has 1 rings (SSSR count). The van der Waals surface area contributed by atoms with Crippen LogP contribution in [0.15, 0.2) is 16.6 Å². The summed E-state index contributed by atoms with van der Waals surface area (Å²) in [5.41, 5.74) is -2.81. The Morgan fingerprint density at radius 2 is 2.14 bits per heavy atom. The van der Waals surface area contributed by atoms with Crippen LogP contribution in [0, 0.1) is 15.9 Å². The Bertz CT molecular complexity index is 638. The van der Waals surface area contributed by atoms with Crippen LogP contribution >= 0.6 is 15.9 Å². The quantitative estimate of drug-likeness (QED) is 0.574. The van der Waals surface area contributed by atoms with Gasteiger partial charge < -0.3 is 15.2 Å². The monoisotopic (exact) mass is 378 g/mol. The standard InChI is InChI=1S/C12H12BrFN2O6/c1-12(5-22-2,11(18)19)15-10(17)7-3-6(14)4-8(9(7)13)16(20)21/h3-4H,5H2,1-2H3,(H,15,17)(H,18,19). The van der Waals surface area contributed by atoms with E-state index in [0.29, 0.717) is 6.07 Å². The van der Waals surface area contributed by atoms with Crippen LogP contribution in [0.2, 0.25) is 0 Å². The van der Waals surface area contributed by atoms with E-state index in [2.05, 4.69) is 21.2 Å². The van der Waals surface area contributed by atoms with Crippen molar-refractivity contribution in [3.05, 3.63) is 38.1 Å². The Morgan fingerprint density at radius 3 is 2.59 bits per heavy atom. The van der Waals surface area contributed by atoms with E-state index in [4.69, 9.17) is 9.84 Å². The molecule has 0 aromatic heterocycles. The number of amides is 1. The van der Waals surface area contributed by atoms with E-state index >= 15 is 0 Å². The summed E-state index contributed by atoms with van der Waals surface area (Å²) >= 11 is 2.85. The molecule has 1 aromatic carbocycles. The maximum absolute atomic E-state index is 13.4. The van der Waals surface area contributed by atoms with Crippen LogP contribution in [0.3, 0.4) is 0 Å². The maximum atomic E-state index is 13.4. The summed E-state index contributed by atoms with van der Waals surface area (Å²) in [6.45, 7) is 0.849. The SMILES string of the molecule is COCC(C)(NC(=O)c1cc(F)cc([N+](=O)[O-])c1Br)C(=O)O. The molecule has 2 N–H and O–H groups in total. The van der Waals surface area contributed by atoms with E-state index in [1.165, 1.54) is 14.0 Å². The number of nitro benzene ring substituents is 1. The van der Waals surface area contributed by atoms with Crippen molar-refractivity contribution in [3.63, 3.8) is 0 Å². The third kappa shape index (κ3) is 3.77. The second kappa shape index (κ2) is 6.79. The highest BCUT2D eigenvalue weighted by Gasteiger charge is 2.36. The molecule has 0 aliphatic rings. The van der Waals surface area contributed by atoms with E-state index in [1.807, 2.05) is 0 Å². The lowest BCUT2D eigenvalue weighted by atomic mass is 10.0. The molecule has 22 heavy (non-hydrogen) atoms. The number of nitro groups is 1. The number of methoxy groups -OCH3 is 1. The molecule has 0 bridgehead atoms. The number of aliphatic carboxylic acids is 1. The third-order valence-electron chi connectivity index (χ3n) is 2.75. The Balaban J connectivity index is 3.23. The van der Waals surface area contributed by atoms with Gasteiger partial charge >= 0.3 is 5.97 Å². The molecular formula is C12H12BrFN2O6. The van der Waals surface area contributed by atoms with Gasteiger partial charge in [0.05, 0.1) is 23.2 Å². The summed E-state index contributed by atoms with van der Waals surface area (Å²) in [6.07, 6.45) is 0. The largest absolute Gasteiger partial charge is 0.479 e. The minimum Gasteiger partial charge on any atom is -0.479 e. The first-order valence-corrected chi connectivity index (χ1v) is 6.60. The first kappa shape index (κ1) is 18.0. The van der Waals surface area contributed by atoms with Gasteiger partial charge in [0.25, 0.3) is 11.6 Å². The summed E-state index contributed by atoms with van der Waals surface area (Å²) in [5, 5.41) is 22.1. The minimum atomic E-state index is -1.77. The van der Waals surface area contributed by atoms with Crippen LogP contribution in [0.4, 0.5) is 10.1 Å². The van der Waals surface area contributed by atoms with Crippen molar-refractivity contribution in [2.45, 2.75) is 12.5 Å². The summed E-state index contributed by atoms with van der Waals surface area (Å²) in [4.78, 5) is 33.3. The first-order valence-electron chi connectivity index (χ1n) is 5.80. The van der Waals surface area contributed by atoms with Crippen molar-refractivity contribution in [2.24, 2.45) is 0 Å². The molecule has 0 saturated heterocycles. The fraction of sp³-hybridized carbons (Fsp3) is 0.333. The molecule has 10 heteroatoms. The van der Waals surface area contributed by atoms with Crippen molar-refractivity contribution >= 4 is 33.5 Å². The average molecular weight is 379 g/mol. The van der Waals surface area contributed by atoms with Gasteiger partial charge in [-0.05, 0) is 28.9 Å². The van der Waals surface area contributed by atoms with Gasteiger partial charge in [-0.2, -0.15) is 0 Å². The lowest BCUT2D eigenvalue weighted by Crippen LogP contribution is -2.55. The topological polar surface area (TPSA) is 119 Å². The molecule has 0 fully saturated rings. The number of rotatable bonds is 6. The highest BCUT2D eigenvalue weighted by Crippen LogP contribution is 2.30. The van der Waals surface area contributed by atoms with Gasteiger partial charge in [0, 0.05) is 7.11 Å². The van der Waals surface area contributed by atoms with Crippen LogP contribution in [0.25, 0.3) is 0 Å². The first-order chi connectivity index (χ1) is 10.1. The van der Waals surface area contributed by atoms with Gasteiger partial charge in [0.2, 0.25) is 0 Å². The normalized spacial score (nSPS) is 13.3. The molecule has 1 aromatic rings. The average Bonchev–Trinajstić information content (AvgIpc) is 2.40. The number of nitrogens with one attached hydrogen (secondary N) is 1. The molecule has 1 unspecified atom stereocenters. The lowest BCUT2D eigenvalue weighted by Gasteiger charge is -2.25. The summed E-state index contributed by atoms with van der Waals surface area (Å²) < 4.78 is 17.9. The number of hydrogen-bond acceptors (Lipinski definition) is 5. The predicted molar refractivity (Wildman–Crippen MR) is 76.1 cm³/mol. The van der Waals surface area contributed by atoms with Gasteiger partial charge in [-0.25, -0.2) is 9.18 Å². The van der Waals surface area contributed by atoms with E-state index < -0.39 is 39.4 Å². The molecule has 1 atom stereocenters. The minimum absolute atomic E-state index is 0.249. The van der Waals surface area contributed by atoms with Crippen molar-refractivity contribution in [2.75, 3.05) is 13.7 Å². The van der Waals surface area contributed by atoms with Crippen LogP contribution in [-0.2, 0) is 9.53 Å². The van der Waals surface area contributed by atoms with Gasteiger partial charge in [0.15, 0.2) is 5.54 Å². The zero-order valence-corrected chi connectivity index (χ0v) is 13.1. The summed E-state index contributed by atoms with van der Waals surface area (Å²) in [7, 11) is 1.25. The number of carboxylic acids is 1. The van der Waals surface area contributed by atoms with Crippen molar-refractivity contribution < 1.29 is 28.7 Å². The summed E-state index contributed by atoms with van der Waals surface area (Å²) in [5.74, 6) is -3.36. The molecule has 8 nitrogen and oxygen atoms in total. The van der Waals surface area contributed by atoms with Gasteiger partial charge in [0.1, 0.15) is 10.3 Å². The maximum Gasteiger partial charge on any atom is 0.331 e. The molecule has 0 aliphatic heterocycles. The highest BCUT2D eigenvalue weighted by molar-refractivity contribution is 9.10. The number of carbonyl (C=O) groups excluding carboxylic acids is 1. The van der Waals surface area contributed by atoms with E-state index in [-0.39, 0.29) is 11.1 Å². The molecule has 0 heterocycles. The van der Waals surface area contributed by atoms with E-state index in [0.717, 1.165) is 6.07 Å². The number of hydrogen-bond donors (Lipinski definition) is 2. The molecule has 0 spiro atoms. The molecule has 1 amide bonds. The van der Waals surface area contributed by atoms with Crippen molar-refractivity contribution in [1.82, 2.24) is 5.32 Å². The Kier molecular flexibility index (Phi) is 5.55. The highest BCUT2D eigenvalue weighted by atomic mass is 79.9. The van der Waals surface area contributed by atoms with Gasteiger partial charge in [-0.3, -0.25) is 14.9 Å². The zero-order chi connectivity index (χ0) is 17.1. The number of ether oxygens (including phenoxy) is 1. The number of halogens is 2. The number of benzene rings is 1. The predicted octanol–water partition coefficient (Wildman–Crippen LogP) is 1.72. The summed E-state index contributed by atoms with van der Waals surface area (Å²) in [6, 6.07) is 1.41. The number of carbonyl (C=O) groups is 2. The molecule has 0 aliphatic carbocycles. The molecular weight excluding hydrogens is 367 g/mol. The van der Waals surface area contributed by atoms with Crippen LogP contribution in [-0.4, -0.2) is 41.2 Å². The Hall–Kier alpha value is -2.07. The Labute approximate surface area is 132 Å². The second-order valence-electron chi connectivity index (χ2n) is 4.57. The van der Waals surface area contributed by atoms with Crippen molar-refractivity contribution in [3.8, 4) is 0 Å². The smallest absolute Gasteiger partial charge is 0.331 e. The number of carboxylic acid groups (broad SMARTS) is 1. The van der Waals surface area contributed by atoms with Gasteiger partial charge in [-0.15, -0.1) is 0 Å². The second-order valence-corrected chi connectivity index (χ2v) is 5.36.